The van der Waals surface area contributed by atoms with Crippen LogP contribution in [0.2, 0.25) is 5.15 Å². The van der Waals surface area contributed by atoms with E-state index in [0.717, 1.165) is 22.2 Å². The number of aryl methyl sites for hydroxylation is 1. The van der Waals surface area contributed by atoms with Crippen molar-refractivity contribution in [2.24, 2.45) is 0 Å². The first-order valence-electron chi connectivity index (χ1n) is 5.13. The predicted octanol–water partition coefficient (Wildman–Crippen LogP) is 3.83. The van der Waals surface area contributed by atoms with E-state index in [-0.39, 0.29) is 5.75 Å². The molecule has 0 fully saturated rings. The standard InChI is InChI=1S/C12H10BrClN2O/c1-2-9-10(13)11(14)16-12(15-9)7-4-3-5-8(17)6-7/h3-6,17H,2H2,1H3. The number of hydrogen-bond donors (Lipinski definition) is 1. The van der Waals surface area contributed by atoms with Crippen LogP contribution in [-0.4, -0.2) is 15.1 Å². The van der Waals surface area contributed by atoms with Crippen LogP contribution in [0.1, 0.15) is 12.6 Å². The fraction of sp³-hybridized carbons (Fsp3) is 0.167. The lowest BCUT2D eigenvalue weighted by atomic mass is 10.2. The molecule has 1 heterocycles. The second-order valence-electron chi connectivity index (χ2n) is 3.50. The zero-order valence-electron chi connectivity index (χ0n) is 9.11. The molecule has 17 heavy (non-hydrogen) atoms. The van der Waals surface area contributed by atoms with Crippen molar-refractivity contribution < 1.29 is 5.11 Å². The third-order valence-corrected chi connectivity index (χ3v) is 3.65. The zero-order chi connectivity index (χ0) is 12.4. The van der Waals surface area contributed by atoms with Gasteiger partial charge in [0, 0.05) is 5.56 Å². The first-order valence-corrected chi connectivity index (χ1v) is 6.30. The highest BCUT2D eigenvalue weighted by Crippen LogP contribution is 2.28. The van der Waals surface area contributed by atoms with Gasteiger partial charge in [-0.3, -0.25) is 0 Å². The lowest BCUT2D eigenvalue weighted by Gasteiger charge is -2.06. The summed E-state index contributed by atoms with van der Waals surface area (Å²) >= 11 is 9.38. The Morgan fingerprint density at radius 1 is 1.35 bits per heavy atom. The number of hydrogen-bond acceptors (Lipinski definition) is 3. The van der Waals surface area contributed by atoms with E-state index >= 15 is 0 Å². The van der Waals surface area contributed by atoms with Crippen molar-refractivity contribution in [2.45, 2.75) is 13.3 Å². The van der Waals surface area contributed by atoms with Gasteiger partial charge in [0.25, 0.3) is 0 Å². The molecule has 3 nitrogen and oxygen atoms in total. The summed E-state index contributed by atoms with van der Waals surface area (Å²) in [4.78, 5) is 8.60. The Morgan fingerprint density at radius 2 is 2.12 bits per heavy atom. The molecule has 0 aliphatic carbocycles. The van der Waals surface area contributed by atoms with Crippen LogP contribution in [0.15, 0.2) is 28.7 Å². The van der Waals surface area contributed by atoms with Crippen LogP contribution < -0.4 is 0 Å². The molecule has 0 amide bonds. The molecule has 0 bridgehead atoms. The molecule has 5 heteroatoms. The second kappa shape index (κ2) is 5.02. The minimum atomic E-state index is 0.184. The summed E-state index contributed by atoms with van der Waals surface area (Å²) in [5, 5.41) is 9.81. The largest absolute Gasteiger partial charge is 0.508 e. The molecule has 0 saturated carbocycles. The molecule has 0 unspecified atom stereocenters. The van der Waals surface area contributed by atoms with Gasteiger partial charge >= 0.3 is 0 Å². The molecule has 0 aliphatic rings. The topological polar surface area (TPSA) is 46.0 Å². The Bertz CT molecular complexity index is 560. The van der Waals surface area contributed by atoms with E-state index < -0.39 is 0 Å². The fourth-order valence-electron chi connectivity index (χ4n) is 1.47. The summed E-state index contributed by atoms with van der Waals surface area (Å²) in [6.07, 6.45) is 0.759. The summed E-state index contributed by atoms with van der Waals surface area (Å²) in [7, 11) is 0. The van der Waals surface area contributed by atoms with E-state index in [0.29, 0.717) is 11.0 Å². The molecular formula is C12H10BrClN2O. The SMILES string of the molecule is CCc1nc(-c2cccc(O)c2)nc(Cl)c1Br. The Balaban J connectivity index is 2.56. The van der Waals surface area contributed by atoms with Gasteiger partial charge in [0.05, 0.1) is 10.2 Å². The summed E-state index contributed by atoms with van der Waals surface area (Å²) in [6.45, 7) is 2.00. The van der Waals surface area contributed by atoms with E-state index in [1.165, 1.54) is 0 Å². The predicted molar refractivity (Wildman–Crippen MR) is 71.2 cm³/mol. The Kier molecular flexibility index (Phi) is 3.64. The third-order valence-electron chi connectivity index (χ3n) is 2.32. The fourth-order valence-corrected chi connectivity index (χ4v) is 2.12. The van der Waals surface area contributed by atoms with Crippen molar-refractivity contribution >= 4 is 27.5 Å². The van der Waals surface area contributed by atoms with Gasteiger partial charge in [0.2, 0.25) is 0 Å². The number of benzene rings is 1. The van der Waals surface area contributed by atoms with Crippen LogP contribution in [0, 0.1) is 0 Å². The molecule has 1 aromatic carbocycles. The van der Waals surface area contributed by atoms with E-state index in [9.17, 15) is 5.11 Å². The quantitative estimate of drug-likeness (QED) is 0.857. The van der Waals surface area contributed by atoms with Crippen LogP contribution in [0.25, 0.3) is 11.4 Å². The molecule has 2 aromatic rings. The van der Waals surface area contributed by atoms with Gasteiger partial charge in [0.1, 0.15) is 10.9 Å². The highest BCUT2D eigenvalue weighted by Gasteiger charge is 2.11. The molecule has 0 atom stereocenters. The lowest BCUT2D eigenvalue weighted by Crippen LogP contribution is -1.97. The van der Waals surface area contributed by atoms with Crippen molar-refractivity contribution in [1.29, 1.82) is 0 Å². The van der Waals surface area contributed by atoms with Crippen LogP contribution in [0.4, 0.5) is 0 Å². The Morgan fingerprint density at radius 3 is 2.76 bits per heavy atom. The smallest absolute Gasteiger partial charge is 0.161 e. The average molecular weight is 314 g/mol. The van der Waals surface area contributed by atoms with Gasteiger partial charge in [-0.05, 0) is 34.5 Å². The molecule has 1 aromatic heterocycles. The molecular weight excluding hydrogens is 304 g/mol. The van der Waals surface area contributed by atoms with Crippen molar-refractivity contribution in [3.63, 3.8) is 0 Å². The summed E-state index contributed by atoms with van der Waals surface area (Å²) in [5.41, 5.74) is 1.59. The zero-order valence-corrected chi connectivity index (χ0v) is 11.5. The minimum Gasteiger partial charge on any atom is -0.508 e. The van der Waals surface area contributed by atoms with Crippen LogP contribution >= 0.6 is 27.5 Å². The molecule has 2 rings (SSSR count). The molecule has 0 spiro atoms. The first-order chi connectivity index (χ1) is 8.11. The van der Waals surface area contributed by atoms with E-state index in [2.05, 4.69) is 25.9 Å². The highest BCUT2D eigenvalue weighted by molar-refractivity contribution is 9.10. The second-order valence-corrected chi connectivity index (χ2v) is 4.65. The monoisotopic (exact) mass is 312 g/mol. The molecule has 0 saturated heterocycles. The number of phenolic OH excluding ortho intramolecular Hbond substituents is 1. The molecule has 88 valence electrons. The summed E-state index contributed by atoms with van der Waals surface area (Å²) in [6, 6.07) is 6.79. The number of aromatic hydroxyl groups is 1. The number of aromatic nitrogens is 2. The molecule has 0 aliphatic heterocycles. The molecule has 1 N–H and O–H groups in total. The van der Waals surface area contributed by atoms with Crippen LogP contribution in [-0.2, 0) is 6.42 Å². The van der Waals surface area contributed by atoms with Gasteiger partial charge in [-0.25, -0.2) is 9.97 Å². The van der Waals surface area contributed by atoms with Crippen molar-refractivity contribution in [2.75, 3.05) is 0 Å². The van der Waals surface area contributed by atoms with Crippen molar-refractivity contribution in [3.8, 4) is 17.1 Å². The van der Waals surface area contributed by atoms with Gasteiger partial charge in [-0.15, -0.1) is 0 Å². The van der Waals surface area contributed by atoms with Crippen LogP contribution in [0.3, 0.4) is 0 Å². The Labute approximate surface area is 113 Å². The lowest BCUT2D eigenvalue weighted by molar-refractivity contribution is 0.475. The highest BCUT2D eigenvalue weighted by atomic mass is 79.9. The summed E-state index contributed by atoms with van der Waals surface area (Å²) in [5.74, 6) is 0.703. The first kappa shape index (κ1) is 12.3. The number of halogens is 2. The molecule has 0 radical (unpaired) electrons. The maximum Gasteiger partial charge on any atom is 0.161 e. The number of nitrogens with zero attached hydrogens (tertiary/aromatic N) is 2. The normalized spacial score (nSPS) is 10.5. The number of phenols is 1. The summed E-state index contributed by atoms with van der Waals surface area (Å²) < 4.78 is 0.727. The van der Waals surface area contributed by atoms with Gasteiger partial charge in [-0.2, -0.15) is 0 Å². The van der Waals surface area contributed by atoms with E-state index in [4.69, 9.17) is 11.6 Å². The maximum absolute atomic E-state index is 9.43. The van der Waals surface area contributed by atoms with E-state index in [1.54, 1.807) is 18.2 Å². The third kappa shape index (κ3) is 2.58. The minimum absolute atomic E-state index is 0.184. The van der Waals surface area contributed by atoms with E-state index in [1.807, 2.05) is 13.0 Å². The maximum atomic E-state index is 9.43. The van der Waals surface area contributed by atoms with Gasteiger partial charge in [0.15, 0.2) is 5.82 Å². The number of rotatable bonds is 2. The van der Waals surface area contributed by atoms with Crippen LogP contribution in [0.5, 0.6) is 5.75 Å². The Hall–Kier alpha value is -1.13. The van der Waals surface area contributed by atoms with Crippen molar-refractivity contribution in [3.05, 3.63) is 39.6 Å². The van der Waals surface area contributed by atoms with Crippen molar-refractivity contribution in [1.82, 2.24) is 9.97 Å². The average Bonchev–Trinajstić information content (AvgIpc) is 2.32. The van der Waals surface area contributed by atoms with Gasteiger partial charge < -0.3 is 5.11 Å². The van der Waals surface area contributed by atoms with Gasteiger partial charge in [-0.1, -0.05) is 30.7 Å².